The topological polar surface area (TPSA) is 85.6 Å². The molecular weight excluding hydrogens is 459 g/mol. The number of para-hydroxylation sites is 1. The van der Waals surface area contributed by atoms with E-state index in [1.54, 1.807) is 46.6 Å². The third kappa shape index (κ3) is 5.63. The van der Waals surface area contributed by atoms with E-state index in [9.17, 15) is 9.18 Å². The molecule has 7 nitrogen and oxygen atoms in total. The maximum atomic E-state index is 14.7. The molecule has 0 aliphatic carbocycles. The van der Waals surface area contributed by atoms with Crippen LogP contribution in [-0.2, 0) is 5.75 Å². The standard InChI is InChI=1S/C23H23FN6OS2/c1-2-3-6-12-26-22(31)18-14-32-20(27-18)15-33-23-29-28-21(16-8-7-11-25-13-16)30(23)19-10-5-4-9-17(19)24/h4-5,7-11,13-14H,2-3,6,12,15H2,1H3,(H,26,31). The number of hydrogen-bond acceptors (Lipinski definition) is 7. The summed E-state index contributed by atoms with van der Waals surface area (Å²) in [6.07, 6.45) is 6.49. The minimum atomic E-state index is -0.374. The summed E-state index contributed by atoms with van der Waals surface area (Å²) in [4.78, 5) is 20.9. The Kier molecular flexibility index (Phi) is 7.79. The van der Waals surface area contributed by atoms with E-state index in [0.717, 1.165) is 29.8 Å². The largest absolute Gasteiger partial charge is 0.351 e. The summed E-state index contributed by atoms with van der Waals surface area (Å²) in [5.41, 5.74) is 1.50. The number of rotatable bonds is 10. The van der Waals surface area contributed by atoms with Crippen LogP contribution in [0.15, 0.2) is 59.3 Å². The summed E-state index contributed by atoms with van der Waals surface area (Å²) in [6.45, 7) is 2.77. The number of nitrogens with zero attached hydrogens (tertiary/aromatic N) is 5. The zero-order valence-electron chi connectivity index (χ0n) is 18.1. The van der Waals surface area contributed by atoms with Gasteiger partial charge in [-0.05, 0) is 30.7 Å². The molecule has 0 spiro atoms. The van der Waals surface area contributed by atoms with Crippen molar-refractivity contribution in [1.29, 1.82) is 0 Å². The first-order valence-electron chi connectivity index (χ1n) is 10.6. The summed E-state index contributed by atoms with van der Waals surface area (Å²) in [5.74, 6) is 0.447. The maximum Gasteiger partial charge on any atom is 0.270 e. The van der Waals surface area contributed by atoms with E-state index >= 15 is 0 Å². The number of halogens is 1. The van der Waals surface area contributed by atoms with E-state index in [4.69, 9.17) is 0 Å². The molecule has 4 rings (SSSR count). The number of thioether (sulfide) groups is 1. The predicted molar refractivity (Wildman–Crippen MR) is 128 cm³/mol. The summed E-state index contributed by atoms with van der Waals surface area (Å²) in [6, 6.07) is 10.2. The number of nitrogens with one attached hydrogen (secondary N) is 1. The number of carbonyl (C=O) groups is 1. The number of unbranched alkanes of at least 4 members (excludes halogenated alkanes) is 2. The van der Waals surface area contributed by atoms with Crippen molar-refractivity contribution >= 4 is 29.0 Å². The van der Waals surface area contributed by atoms with E-state index in [1.807, 2.05) is 6.07 Å². The molecule has 0 saturated heterocycles. The van der Waals surface area contributed by atoms with E-state index in [-0.39, 0.29) is 11.7 Å². The van der Waals surface area contributed by atoms with Crippen LogP contribution in [0.1, 0.15) is 41.7 Å². The lowest BCUT2D eigenvalue weighted by atomic mass is 10.2. The van der Waals surface area contributed by atoms with E-state index in [0.29, 0.717) is 34.7 Å². The van der Waals surface area contributed by atoms with Gasteiger partial charge in [-0.25, -0.2) is 9.37 Å². The number of amides is 1. The van der Waals surface area contributed by atoms with Crippen LogP contribution in [0.2, 0.25) is 0 Å². The smallest absolute Gasteiger partial charge is 0.270 e. The fraction of sp³-hybridized carbons (Fsp3) is 0.261. The lowest BCUT2D eigenvalue weighted by molar-refractivity contribution is 0.0948. The van der Waals surface area contributed by atoms with Gasteiger partial charge >= 0.3 is 0 Å². The van der Waals surface area contributed by atoms with Gasteiger partial charge in [-0.3, -0.25) is 14.3 Å². The van der Waals surface area contributed by atoms with Crippen molar-refractivity contribution < 1.29 is 9.18 Å². The molecule has 170 valence electrons. The van der Waals surface area contributed by atoms with Crippen molar-refractivity contribution in [1.82, 2.24) is 30.0 Å². The van der Waals surface area contributed by atoms with Gasteiger partial charge < -0.3 is 5.32 Å². The number of carbonyl (C=O) groups excluding carboxylic acids is 1. The summed E-state index contributed by atoms with van der Waals surface area (Å²) < 4.78 is 16.4. The average molecular weight is 483 g/mol. The van der Waals surface area contributed by atoms with Crippen molar-refractivity contribution in [2.24, 2.45) is 0 Å². The van der Waals surface area contributed by atoms with Gasteiger partial charge in [-0.2, -0.15) is 0 Å². The summed E-state index contributed by atoms with van der Waals surface area (Å²) in [5, 5.41) is 14.6. The zero-order chi connectivity index (χ0) is 23.0. The predicted octanol–water partition coefficient (Wildman–Crippen LogP) is 5.14. The molecule has 0 aliphatic heterocycles. The second-order valence-electron chi connectivity index (χ2n) is 7.21. The molecule has 0 unspecified atom stereocenters. The fourth-order valence-electron chi connectivity index (χ4n) is 3.17. The molecule has 0 aliphatic rings. The highest BCUT2D eigenvalue weighted by Crippen LogP contribution is 2.31. The highest BCUT2D eigenvalue weighted by atomic mass is 32.2. The third-order valence-electron chi connectivity index (χ3n) is 4.82. The molecule has 0 atom stereocenters. The molecular formula is C23H23FN6OS2. The van der Waals surface area contributed by atoms with Gasteiger partial charge in [0, 0.05) is 29.9 Å². The van der Waals surface area contributed by atoms with Gasteiger partial charge in [0.1, 0.15) is 16.5 Å². The van der Waals surface area contributed by atoms with Crippen LogP contribution in [0.3, 0.4) is 0 Å². The van der Waals surface area contributed by atoms with Crippen LogP contribution in [0.5, 0.6) is 0 Å². The first kappa shape index (κ1) is 23.1. The van der Waals surface area contributed by atoms with Crippen LogP contribution >= 0.6 is 23.1 Å². The Morgan fingerprint density at radius 3 is 2.85 bits per heavy atom. The normalized spacial score (nSPS) is 11.0. The summed E-state index contributed by atoms with van der Waals surface area (Å²) in [7, 11) is 0. The molecule has 4 aromatic rings. The van der Waals surface area contributed by atoms with E-state index in [2.05, 4.69) is 32.4 Å². The Morgan fingerprint density at radius 2 is 2.06 bits per heavy atom. The summed E-state index contributed by atoms with van der Waals surface area (Å²) >= 11 is 2.80. The zero-order valence-corrected chi connectivity index (χ0v) is 19.7. The molecule has 3 heterocycles. The van der Waals surface area contributed by atoms with Crippen LogP contribution < -0.4 is 5.32 Å². The van der Waals surface area contributed by atoms with Gasteiger partial charge in [0.25, 0.3) is 5.91 Å². The highest BCUT2D eigenvalue weighted by Gasteiger charge is 2.19. The van der Waals surface area contributed by atoms with Gasteiger partial charge in [0.15, 0.2) is 11.0 Å². The average Bonchev–Trinajstić information content (AvgIpc) is 3.49. The molecule has 0 fully saturated rings. The first-order valence-corrected chi connectivity index (χ1v) is 12.5. The Labute approximate surface area is 199 Å². The minimum absolute atomic E-state index is 0.160. The van der Waals surface area contributed by atoms with Crippen molar-refractivity contribution in [3.05, 3.63) is 70.7 Å². The first-order chi connectivity index (χ1) is 16.2. The Morgan fingerprint density at radius 1 is 1.18 bits per heavy atom. The molecule has 1 aromatic carbocycles. The SMILES string of the molecule is CCCCCNC(=O)c1csc(CSc2nnc(-c3cccnc3)n2-c2ccccc2F)n1. The number of benzene rings is 1. The monoisotopic (exact) mass is 482 g/mol. The maximum absolute atomic E-state index is 14.7. The van der Waals surface area contributed by atoms with Crippen molar-refractivity contribution in [2.75, 3.05) is 6.54 Å². The quantitative estimate of drug-likeness (QED) is 0.249. The highest BCUT2D eigenvalue weighted by molar-refractivity contribution is 7.98. The van der Waals surface area contributed by atoms with Crippen LogP contribution in [0, 0.1) is 5.82 Å². The lowest BCUT2D eigenvalue weighted by Crippen LogP contribution is -2.24. The van der Waals surface area contributed by atoms with E-state index < -0.39 is 0 Å². The number of hydrogen-bond donors (Lipinski definition) is 1. The van der Waals surface area contributed by atoms with Crippen LogP contribution in [0.4, 0.5) is 4.39 Å². The molecule has 33 heavy (non-hydrogen) atoms. The van der Waals surface area contributed by atoms with Gasteiger partial charge in [-0.15, -0.1) is 21.5 Å². The number of thiazole rings is 1. The molecule has 0 radical (unpaired) electrons. The van der Waals surface area contributed by atoms with Crippen molar-refractivity contribution in [3.8, 4) is 17.1 Å². The fourth-order valence-corrected chi connectivity index (χ4v) is 4.91. The Balaban J connectivity index is 1.53. The second-order valence-corrected chi connectivity index (χ2v) is 9.10. The van der Waals surface area contributed by atoms with Crippen molar-refractivity contribution in [3.63, 3.8) is 0 Å². The van der Waals surface area contributed by atoms with Gasteiger partial charge in [0.05, 0.1) is 11.4 Å². The molecule has 0 bridgehead atoms. The Hall–Kier alpha value is -3.11. The van der Waals surface area contributed by atoms with Crippen molar-refractivity contribution in [2.45, 2.75) is 37.1 Å². The van der Waals surface area contributed by atoms with Crippen LogP contribution in [0.25, 0.3) is 17.1 Å². The van der Waals surface area contributed by atoms with E-state index in [1.165, 1.54) is 29.2 Å². The third-order valence-corrected chi connectivity index (χ3v) is 6.79. The number of aromatic nitrogens is 5. The lowest BCUT2D eigenvalue weighted by Gasteiger charge is -2.10. The van der Waals surface area contributed by atoms with Crippen LogP contribution in [-0.4, -0.2) is 37.2 Å². The minimum Gasteiger partial charge on any atom is -0.351 e. The molecule has 1 amide bonds. The molecule has 1 N–H and O–H groups in total. The molecule has 0 saturated carbocycles. The second kappa shape index (κ2) is 11.2. The molecule has 3 aromatic heterocycles. The molecule has 10 heteroatoms. The number of pyridine rings is 1. The van der Waals surface area contributed by atoms with Gasteiger partial charge in [-0.1, -0.05) is 43.7 Å². The van der Waals surface area contributed by atoms with Gasteiger partial charge in [0.2, 0.25) is 0 Å². The Bertz CT molecular complexity index is 1210.